The number of hydrogen-bond acceptors (Lipinski definition) is 7. The summed E-state index contributed by atoms with van der Waals surface area (Å²) in [6, 6.07) is 3.57. The van der Waals surface area contributed by atoms with Crippen LogP contribution >= 0.6 is 0 Å². The second-order valence-electron chi connectivity index (χ2n) is 5.97. The van der Waals surface area contributed by atoms with Gasteiger partial charge in [-0.25, -0.2) is 4.79 Å². The molecule has 0 fully saturated rings. The molecule has 0 heterocycles. The van der Waals surface area contributed by atoms with Gasteiger partial charge in [-0.1, -0.05) is 20.8 Å². The number of nitriles is 1. The Bertz CT molecular complexity index is 710. The van der Waals surface area contributed by atoms with Crippen LogP contribution in [0.25, 0.3) is 6.08 Å². The summed E-state index contributed by atoms with van der Waals surface area (Å²) in [6.45, 7) is 5.62. The normalized spacial score (nSPS) is 11.7. The van der Waals surface area contributed by atoms with Gasteiger partial charge >= 0.3 is 11.7 Å². The fourth-order valence-corrected chi connectivity index (χ4v) is 1.51. The SMILES string of the molecule is CC(C)(C)COC(=O)C(C#N)=Cc1cc(O)c(O)c([N+](=O)[O-])c1. The zero-order valence-electron chi connectivity index (χ0n) is 12.9. The second-order valence-corrected chi connectivity index (χ2v) is 5.97. The maximum absolute atomic E-state index is 11.8. The van der Waals surface area contributed by atoms with Crippen LogP contribution in [0.1, 0.15) is 26.3 Å². The highest BCUT2D eigenvalue weighted by Gasteiger charge is 2.20. The van der Waals surface area contributed by atoms with Crippen molar-refractivity contribution in [3.63, 3.8) is 0 Å². The Morgan fingerprint density at radius 2 is 2.04 bits per heavy atom. The van der Waals surface area contributed by atoms with E-state index >= 15 is 0 Å². The van der Waals surface area contributed by atoms with E-state index in [1.165, 1.54) is 0 Å². The van der Waals surface area contributed by atoms with E-state index in [0.29, 0.717) is 0 Å². The van der Waals surface area contributed by atoms with Gasteiger partial charge in [0.1, 0.15) is 11.6 Å². The molecule has 23 heavy (non-hydrogen) atoms. The topological polar surface area (TPSA) is 134 Å². The van der Waals surface area contributed by atoms with Crippen molar-refractivity contribution in [2.24, 2.45) is 5.41 Å². The molecule has 2 N–H and O–H groups in total. The number of hydrogen-bond donors (Lipinski definition) is 2. The molecule has 1 aromatic rings. The predicted octanol–water partition coefficient (Wildman–Crippen LogP) is 2.50. The van der Waals surface area contributed by atoms with Gasteiger partial charge in [-0.2, -0.15) is 5.26 Å². The molecular weight excluding hydrogens is 304 g/mol. The Labute approximate surface area is 132 Å². The van der Waals surface area contributed by atoms with E-state index in [1.807, 2.05) is 20.8 Å². The number of esters is 1. The first kappa shape index (κ1) is 18.0. The number of phenols is 2. The molecule has 0 aliphatic rings. The average molecular weight is 320 g/mol. The number of carbonyl (C=O) groups is 1. The lowest BCUT2D eigenvalue weighted by Gasteiger charge is -2.17. The van der Waals surface area contributed by atoms with Crippen LogP contribution in [0, 0.1) is 26.9 Å². The molecule has 0 bridgehead atoms. The van der Waals surface area contributed by atoms with E-state index < -0.39 is 28.1 Å². The maximum atomic E-state index is 11.8. The third-order valence-corrected chi connectivity index (χ3v) is 2.58. The first-order valence-electron chi connectivity index (χ1n) is 6.54. The van der Waals surface area contributed by atoms with E-state index in [4.69, 9.17) is 10.00 Å². The number of nitrogens with zero attached hydrogens (tertiary/aromatic N) is 2. The molecule has 122 valence electrons. The summed E-state index contributed by atoms with van der Waals surface area (Å²) < 4.78 is 4.99. The van der Waals surface area contributed by atoms with Crippen molar-refractivity contribution in [1.82, 2.24) is 0 Å². The fourth-order valence-electron chi connectivity index (χ4n) is 1.51. The van der Waals surface area contributed by atoms with Crippen molar-refractivity contribution < 1.29 is 24.7 Å². The molecule has 0 saturated heterocycles. The third kappa shape index (κ3) is 5.00. The van der Waals surface area contributed by atoms with Crippen LogP contribution in [0.15, 0.2) is 17.7 Å². The lowest BCUT2D eigenvalue weighted by Crippen LogP contribution is -2.19. The molecule has 1 rings (SSSR count). The average Bonchev–Trinajstić information content (AvgIpc) is 2.44. The number of benzene rings is 1. The molecular formula is C15H16N2O6. The Balaban J connectivity index is 3.15. The molecule has 8 heteroatoms. The Morgan fingerprint density at radius 1 is 1.43 bits per heavy atom. The van der Waals surface area contributed by atoms with E-state index in [2.05, 4.69) is 0 Å². The minimum absolute atomic E-state index is 0.0104. The first-order valence-corrected chi connectivity index (χ1v) is 6.54. The highest BCUT2D eigenvalue weighted by atomic mass is 16.6. The second kappa shape index (κ2) is 6.79. The zero-order valence-corrected chi connectivity index (χ0v) is 12.9. The smallest absolute Gasteiger partial charge is 0.348 e. The van der Waals surface area contributed by atoms with Crippen LogP contribution in [0.2, 0.25) is 0 Å². The Morgan fingerprint density at radius 3 is 2.52 bits per heavy atom. The number of rotatable bonds is 4. The molecule has 8 nitrogen and oxygen atoms in total. The van der Waals surface area contributed by atoms with Gasteiger partial charge in [-0.3, -0.25) is 10.1 Å². The summed E-state index contributed by atoms with van der Waals surface area (Å²) in [4.78, 5) is 21.7. The van der Waals surface area contributed by atoms with Gasteiger partial charge < -0.3 is 14.9 Å². The summed E-state index contributed by atoms with van der Waals surface area (Å²) in [5.41, 5.74) is -1.40. The molecule has 0 radical (unpaired) electrons. The summed E-state index contributed by atoms with van der Waals surface area (Å²) in [7, 11) is 0. The summed E-state index contributed by atoms with van der Waals surface area (Å²) in [5.74, 6) is -2.50. The largest absolute Gasteiger partial charge is 0.504 e. The fraction of sp³-hybridized carbons (Fsp3) is 0.333. The van der Waals surface area contributed by atoms with Crippen molar-refractivity contribution in [3.8, 4) is 17.6 Å². The predicted molar refractivity (Wildman–Crippen MR) is 80.4 cm³/mol. The molecule has 0 aliphatic carbocycles. The number of carbonyl (C=O) groups excluding carboxylic acids is 1. The summed E-state index contributed by atoms with van der Waals surface area (Å²) in [5, 5.41) is 38.7. The van der Waals surface area contributed by atoms with E-state index in [9.17, 15) is 25.1 Å². The van der Waals surface area contributed by atoms with Gasteiger partial charge in [0.25, 0.3) is 0 Å². The summed E-state index contributed by atoms with van der Waals surface area (Å²) >= 11 is 0. The van der Waals surface area contributed by atoms with Crippen LogP contribution in [0.5, 0.6) is 11.5 Å². The number of aromatic hydroxyl groups is 2. The van der Waals surface area contributed by atoms with E-state index in [-0.39, 0.29) is 23.2 Å². The van der Waals surface area contributed by atoms with E-state index in [0.717, 1.165) is 18.2 Å². The molecule has 0 atom stereocenters. The molecule has 0 saturated carbocycles. The van der Waals surface area contributed by atoms with Gasteiger partial charge in [0.15, 0.2) is 5.75 Å². The number of nitro groups is 1. The van der Waals surface area contributed by atoms with Crippen molar-refractivity contribution in [3.05, 3.63) is 33.4 Å². The highest BCUT2D eigenvalue weighted by Crippen LogP contribution is 2.36. The van der Waals surface area contributed by atoms with E-state index in [1.54, 1.807) is 6.07 Å². The maximum Gasteiger partial charge on any atom is 0.348 e. The summed E-state index contributed by atoms with van der Waals surface area (Å²) in [6.07, 6.45) is 1.04. The molecule has 0 unspecified atom stereocenters. The van der Waals surface area contributed by atoms with Gasteiger partial charge in [-0.15, -0.1) is 0 Å². The molecule has 0 amide bonds. The standard InChI is InChI=1S/C15H16N2O6/c1-15(2,3)8-23-14(20)10(7-16)4-9-5-11(17(21)22)13(19)12(18)6-9/h4-6,18-19H,8H2,1-3H3. The zero-order chi connectivity index (χ0) is 17.8. The molecule has 0 spiro atoms. The quantitative estimate of drug-likeness (QED) is 0.217. The number of phenolic OH excluding ortho intramolecular Hbond substituents is 2. The van der Waals surface area contributed by atoms with Gasteiger partial charge in [0.05, 0.1) is 11.5 Å². The van der Waals surface area contributed by atoms with Gasteiger partial charge in [-0.05, 0) is 23.1 Å². The first-order chi connectivity index (χ1) is 10.5. The van der Waals surface area contributed by atoms with Crippen LogP contribution in [-0.4, -0.2) is 27.7 Å². The van der Waals surface area contributed by atoms with Crippen molar-refractivity contribution in [1.29, 1.82) is 5.26 Å². The highest BCUT2D eigenvalue weighted by molar-refractivity contribution is 5.98. The van der Waals surface area contributed by atoms with Crippen LogP contribution in [0.4, 0.5) is 5.69 Å². The van der Waals surface area contributed by atoms with Crippen LogP contribution in [-0.2, 0) is 9.53 Å². The Kier molecular flexibility index (Phi) is 5.30. The number of nitro benzene ring substituents is 1. The van der Waals surface area contributed by atoms with Crippen LogP contribution < -0.4 is 0 Å². The van der Waals surface area contributed by atoms with Crippen molar-refractivity contribution >= 4 is 17.7 Å². The lowest BCUT2D eigenvalue weighted by atomic mass is 9.99. The van der Waals surface area contributed by atoms with Crippen molar-refractivity contribution in [2.45, 2.75) is 20.8 Å². The molecule has 1 aromatic carbocycles. The Hall–Kier alpha value is -3.08. The third-order valence-electron chi connectivity index (χ3n) is 2.58. The molecule has 0 aliphatic heterocycles. The van der Waals surface area contributed by atoms with Crippen molar-refractivity contribution in [2.75, 3.05) is 6.61 Å². The lowest BCUT2D eigenvalue weighted by molar-refractivity contribution is -0.386. The monoisotopic (exact) mass is 320 g/mol. The minimum atomic E-state index is -0.892. The van der Waals surface area contributed by atoms with Gasteiger partial charge in [0, 0.05) is 6.07 Å². The van der Waals surface area contributed by atoms with Gasteiger partial charge in [0.2, 0.25) is 5.75 Å². The molecule has 0 aromatic heterocycles. The van der Waals surface area contributed by atoms with Crippen LogP contribution in [0.3, 0.4) is 0 Å². The minimum Gasteiger partial charge on any atom is -0.504 e. The number of ether oxygens (including phenoxy) is 1.